The van der Waals surface area contributed by atoms with Gasteiger partial charge in [0, 0.05) is 0 Å². The van der Waals surface area contributed by atoms with Crippen LogP contribution in [-0.4, -0.2) is 26.8 Å². The molecule has 0 fully saturated rings. The fraction of sp³-hybridized carbons (Fsp3) is 0.500. The van der Waals surface area contributed by atoms with E-state index in [2.05, 4.69) is 9.97 Å². The van der Waals surface area contributed by atoms with Gasteiger partial charge >= 0.3 is 63.1 Å². The molecule has 1 atom stereocenters. The first-order valence-corrected chi connectivity index (χ1v) is 4.75. The second kappa shape index (κ2) is 3.07. The number of nitrogens with one attached hydrogen (secondary N) is 1. The predicted molar refractivity (Wildman–Crippen MR) is 40.4 cm³/mol. The number of hydrogen-bond acceptors (Lipinski definition) is 1. The molecular formula is C6H11AsN2. The number of nitrogens with zero attached hydrogens (tertiary/aromatic N) is 1. The van der Waals surface area contributed by atoms with Gasteiger partial charge in [0.2, 0.25) is 0 Å². The zero-order chi connectivity index (χ0) is 6.69. The van der Waals surface area contributed by atoms with Gasteiger partial charge in [0.15, 0.2) is 0 Å². The van der Waals surface area contributed by atoms with Gasteiger partial charge in [0.25, 0.3) is 0 Å². The Morgan fingerprint density at radius 1 is 1.78 bits per heavy atom. The molecule has 0 spiro atoms. The van der Waals surface area contributed by atoms with Crippen LogP contribution >= 0.6 is 0 Å². The molecule has 0 aliphatic rings. The van der Waals surface area contributed by atoms with Crippen molar-refractivity contribution in [2.24, 2.45) is 0 Å². The van der Waals surface area contributed by atoms with Gasteiger partial charge in [-0.2, -0.15) is 0 Å². The number of aromatic nitrogens is 2. The van der Waals surface area contributed by atoms with Crippen LogP contribution in [0.1, 0.15) is 11.5 Å². The molecule has 0 aliphatic heterocycles. The average Bonchev–Trinajstić information content (AvgIpc) is 2.17. The van der Waals surface area contributed by atoms with Gasteiger partial charge in [0.1, 0.15) is 0 Å². The van der Waals surface area contributed by atoms with E-state index in [0.717, 1.165) is 12.2 Å². The van der Waals surface area contributed by atoms with Crippen molar-refractivity contribution in [3.63, 3.8) is 0 Å². The molecule has 50 valence electrons. The van der Waals surface area contributed by atoms with Gasteiger partial charge < -0.3 is 0 Å². The summed E-state index contributed by atoms with van der Waals surface area (Å²) < 4.78 is 0. The molecule has 9 heavy (non-hydrogen) atoms. The van der Waals surface area contributed by atoms with Crippen molar-refractivity contribution in [3.8, 4) is 0 Å². The van der Waals surface area contributed by atoms with E-state index in [1.807, 2.05) is 13.1 Å². The van der Waals surface area contributed by atoms with E-state index in [4.69, 9.17) is 0 Å². The van der Waals surface area contributed by atoms with Crippen LogP contribution in [0.15, 0.2) is 6.20 Å². The van der Waals surface area contributed by atoms with E-state index >= 15 is 0 Å². The van der Waals surface area contributed by atoms with Gasteiger partial charge in [-0.05, 0) is 0 Å². The van der Waals surface area contributed by atoms with Gasteiger partial charge in [-0.25, -0.2) is 0 Å². The summed E-state index contributed by atoms with van der Waals surface area (Å²) in [6.45, 7) is 1.98. The molecule has 1 aromatic rings. The average molecular weight is 186 g/mol. The van der Waals surface area contributed by atoms with Gasteiger partial charge in [0.05, 0.1) is 0 Å². The molecular weight excluding hydrogens is 175 g/mol. The van der Waals surface area contributed by atoms with Crippen molar-refractivity contribution in [2.75, 3.05) is 0 Å². The third-order valence-corrected chi connectivity index (χ3v) is 1.77. The van der Waals surface area contributed by atoms with Crippen LogP contribution < -0.4 is 0 Å². The minimum absolute atomic E-state index is 1.02. The van der Waals surface area contributed by atoms with Crippen molar-refractivity contribution in [1.29, 1.82) is 0 Å². The van der Waals surface area contributed by atoms with Crippen LogP contribution in [-0.2, 0) is 6.42 Å². The van der Waals surface area contributed by atoms with E-state index in [9.17, 15) is 0 Å². The zero-order valence-corrected chi connectivity index (χ0v) is 7.94. The van der Waals surface area contributed by atoms with E-state index < -0.39 is 0 Å². The van der Waals surface area contributed by atoms with Gasteiger partial charge in [-0.15, -0.1) is 0 Å². The number of aryl methyl sites for hydroxylation is 2. The molecule has 2 nitrogen and oxygen atoms in total. The van der Waals surface area contributed by atoms with Crippen molar-refractivity contribution in [2.45, 2.75) is 18.6 Å². The molecule has 0 aromatic carbocycles. The summed E-state index contributed by atoms with van der Waals surface area (Å²) >= 11 is 1.76. The molecule has 1 aromatic heterocycles. The minimum atomic E-state index is 1.02. The number of hydrogen-bond donors (Lipinski definition) is 1. The summed E-state index contributed by atoms with van der Waals surface area (Å²) in [5.74, 6) is 1.02. The molecule has 0 saturated carbocycles. The second-order valence-corrected chi connectivity index (χ2v) is 3.23. The molecule has 0 aliphatic carbocycles. The summed E-state index contributed by atoms with van der Waals surface area (Å²) in [7, 11) is 0. The molecule has 0 saturated heterocycles. The van der Waals surface area contributed by atoms with Crippen LogP contribution in [0.3, 0.4) is 0 Å². The van der Waals surface area contributed by atoms with Crippen LogP contribution in [0.25, 0.3) is 0 Å². The third kappa shape index (κ3) is 1.87. The summed E-state index contributed by atoms with van der Waals surface area (Å²) in [4.78, 5) is 7.30. The summed E-state index contributed by atoms with van der Waals surface area (Å²) in [6.07, 6.45) is 3.10. The fourth-order valence-corrected chi connectivity index (χ4v) is 1.36. The van der Waals surface area contributed by atoms with Crippen LogP contribution in [0, 0.1) is 6.92 Å². The maximum absolute atomic E-state index is 4.25. The molecule has 0 bridgehead atoms. The second-order valence-electron chi connectivity index (χ2n) is 2.02. The molecule has 1 rings (SSSR count). The Bertz CT molecular complexity index is 183. The zero-order valence-electron chi connectivity index (χ0n) is 5.52. The van der Waals surface area contributed by atoms with Crippen LogP contribution in [0.2, 0.25) is 5.21 Å². The van der Waals surface area contributed by atoms with Gasteiger partial charge in [-0.1, -0.05) is 0 Å². The van der Waals surface area contributed by atoms with Crippen LogP contribution in [0.5, 0.6) is 0 Å². The van der Waals surface area contributed by atoms with E-state index in [-0.39, 0.29) is 0 Å². The predicted octanol–water partition coefficient (Wildman–Crippen LogP) is 0.312. The third-order valence-electron chi connectivity index (χ3n) is 1.16. The Hall–Kier alpha value is -0.232. The number of rotatable bonds is 2. The van der Waals surface area contributed by atoms with Gasteiger partial charge in [-0.3, -0.25) is 0 Å². The summed E-state index contributed by atoms with van der Waals surface area (Å²) in [5, 5.41) is 1.23. The Morgan fingerprint density at radius 2 is 2.56 bits per heavy atom. The first kappa shape index (κ1) is 6.88. The monoisotopic (exact) mass is 186 g/mol. The molecule has 1 unspecified atom stereocenters. The summed E-state index contributed by atoms with van der Waals surface area (Å²) in [6, 6.07) is 0. The summed E-state index contributed by atoms with van der Waals surface area (Å²) in [5.41, 5.74) is 1.19. The number of H-pyrrole nitrogens is 1. The number of aromatic amines is 1. The standard InChI is InChI=1S/C6H11AsN2/c1-5-8-4-6(9-5)2-3-7/h4H,2-3,7H2,1H3,(H,8,9). The molecule has 1 heterocycles. The Balaban J connectivity index is 2.61. The van der Waals surface area contributed by atoms with E-state index in [1.165, 1.54) is 10.9 Å². The first-order valence-electron chi connectivity index (χ1n) is 3.04. The Labute approximate surface area is 63.6 Å². The van der Waals surface area contributed by atoms with Crippen LogP contribution in [0.4, 0.5) is 0 Å². The van der Waals surface area contributed by atoms with Crippen molar-refractivity contribution >= 4 is 16.9 Å². The first-order chi connectivity index (χ1) is 4.33. The van der Waals surface area contributed by atoms with Crippen molar-refractivity contribution in [3.05, 3.63) is 17.7 Å². The Morgan fingerprint density at radius 3 is 3.00 bits per heavy atom. The van der Waals surface area contributed by atoms with E-state index in [0.29, 0.717) is 0 Å². The molecule has 1 N–H and O–H groups in total. The molecule has 3 heteroatoms. The topological polar surface area (TPSA) is 28.7 Å². The van der Waals surface area contributed by atoms with Crippen molar-refractivity contribution in [1.82, 2.24) is 9.97 Å². The molecule has 0 amide bonds. The normalized spacial score (nSPS) is 10.0. The fourth-order valence-electron chi connectivity index (χ4n) is 0.744. The molecule has 0 radical (unpaired) electrons. The van der Waals surface area contributed by atoms with E-state index in [1.54, 1.807) is 16.9 Å². The Kier molecular flexibility index (Phi) is 2.35. The maximum atomic E-state index is 4.25. The van der Waals surface area contributed by atoms with Crippen molar-refractivity contribution < 1.29 is 0 Å². The quantitative estimate of drug-likeness (QED) is 0.661. The SMILES string of the molecule is Cc1nc(CC[AsH2])c[nH]1. The number of imidazole rings is 1.